The number of carbonyl (C=O) groups excluding carboxylic acids is 1. The minimum absolute atomic E-state index is 0.00362. The van der Waals surface area contributed by atoms with Crippen molar-refractivity contribution >= 4 is 33.9 Å². The second-order valence-electron chi connectivity index (χ2n) is 8.10. The molecule has 0 radical (unpaired) electrons. The van der Waals surface area contributed by atoms with Crippen LogP contribution in [0.3, 0.4) is 0 Å². The fraction of sp³-hybridized carbons (Fsp3) is 0.450. The van der Waals surface area contributed by atoms with Crippen LogP contribution in [-0.4, -0.2) is 40.9 Å². The van der Waals surface area contributed by atoms with E-state index in [0.717, 1.165) is 23.5 Å². The molecule has 7 nitrogen and oxygen atoms in total. The number of hydrogen-bond donors (Lipinski definition) is 3. The number of rotatable bonds is 8. The number of fused-ring (bicyclic) bond motifs is 1. The zero-order valence-electron chi connectivity index (χ0n) is 16.0. The molecule has 0 spiro atoms. The minimum atomic E-state index is -0.364. The summed E-state index contributed by atoms with van der Waals surface area (Å²) >= 11 is 1.27. The third-order valence-electron chi connectivity index (χ3n) is 4.85. The number of hydrogen-bond acceptors (Lipinski definition) is 7. The summed E-state index contributed by atoms with van der Waals surface area (Å²) in [5.74, 6) is 0.591. The molecule has 148 valence electrons. The Hall–Kier alpha value is -2.45. The van der Waals surface area contributed by atoms with Gasteiger partial charge in [-0.25, -0.2) is 4.98 Å². The van der Waals surface area contributed by atoms with Gasteiger partial charge in [-0.1, -0.05) is 19.0 Å². The van der Waals surface area contributed by atoms with Crippen molar-refractivity contribution in [3.63, 3.8) is 0 Å². The molecule has 1 saturated carbocycles. The van der Waals surface area contributed by atoms with Crippen LogP contribution >= 0.6 is 11.3 Å². The lowest BCUT2D eigenvalue weighted by atomic mass is 9.95. The van der Waals surface area contributed by atoms with E-state index < -0.39 is 0 Å². The van der Waals surface area contributed by atoms with Gasteiger partial charge in [0.2, 0.25) is 0 Å². The quantitative estimate of drug-likeness (QED) is 0.535. The lowest BCUT2D eigenvalue weighted by Gasteiger charge is -2.21. The van der Waals surface area contributed by atoms with Crippen molar-refractivity contribution in [3.05, 3.63) is 29.3 Å². The van der Waals surface area contributed by atoms with E-state index in [-0.39, 0.29) is 17.9 Å². The zero-order chi connectivity index (χ0) is 19.7. The van der Waals surface area contributed by atoms with Gasteiger partial charge in [0.25, 0.3) is 5.91 Å². The van der Waals surface area contributed by atoms with Crippen molar-refractivity contribution in [1.82, 2.24) is 15.5 Å². The molecule has 1 aliphatic carbocycles. The Kier molecular flexibility index (Phi) is 5.07. The highest BCUT2D eigenvalue weighted by Crippen LogP contribution is 2.33. The lowest BCUT2D eigenvalue weighted by Crippen LogP contribution is -2.35. The molecule has 2 aromatic heterocycles. The molecule has 1 fully saturated rings. The van der Waals surface area contributed by atoms with E-state index in [1.54, 1.807) is 6.20 Å². The molecule has 4 rings (SSSR count). The van der Waals surface area contributed by atoms with Crippen molar-refractivity contribution in [1.29, 1.82) is 0 Å². The number of amides is 1. The maximum atomic E-state index is 12.4. The first kappa shape index (κ1) is 18.9. The average molecular weight is 401 g/mol. The van der Waals surface area contributed by atoms with Crippen molar-refractivity contribution in [2.75, 3.05) is 25.0 Å². The second kappa shape index (κ2) is 7.52. The van der Waals surface area contributed by atoms with Crippen LogP contribution in [0.1, 0.15) is 36.4 Å². The van der Waals surface area contributed by atoms with Crippen LogP contribution < -0.4 is 10.6 Å². The Balaban J connectivity index is 1.48. The maximum Gasteiger partial charge on any atom is 0.263 e. The van der Waals surface area contributed by atoms with Crippen LogP contribution in [0.5, 0.6) is 0 Å². The number of aliphatic hydroxyl groups excluding tert-OH is 1. The van der Waals surface area contributed by atoms with Crippen molar-refractivity contribution < 1.29 is 14.4 Å². The average Bonchev–Trinajstić information content (AvgIpc) is 3.23. The SMILES string of the molecule is CC(C)(CO)CNC(=O)c1cnc(-c2noc3cc(NCC4CC4)ccc23)s1. The van der Waals surface area contributed by atoms with E-state index in [4.69, 9.17) is 4.52 Å². The van der Waals surface area contributed by atoms with Gasteiger partial charge in [0.15, 0.2) is 5.58 Å². The Bertz CT molecular complexity index is 990. The van der Waals surface area contributed by atoms with Gasteiger partial charge in [0.05, 0.1) is 11.6 Å². The highest BCUT2D eigenvalue weighted by Gasteiger charge is 2.22. The van der Waals surface area contributed by atoms with E-state index in [9.17, 15) is 9.90 Å². The fourth-order valence-corrected chi connectivity index (χ4v) is 3.56. The van der Waals surface area contributed by atoms with E-state index in [0.29, 0.717) is 27.7 Å². The first-order valence-corrected chi connectivity index (χ1v) is 10.3. The number of aromatic nitrogens is 2. The van der Waals surface area contributed by atoms with Gasteiger partial charge in [-0.05, 0) is 30.9 Å². The highest BCUT2D eigenvalue weighted by atomic mass is 32.1. The highest BCUT2D eigenvalue weighted by molar-refractivity contribution is 7.17. The van der Waals surface area contributed by atoms with Crippen molar-refractivity contribution in [3.8, 4) is 10.7 Å². The molecule has 3 aromatic rings. The largest absolute Gasteiger partial charge is 0.396 e. The molecule has 0 saturated heterocycles. The van der Waals surface area contributed by atoms with Crippen LogP contribution in [0.25, 0.3) is 21.7 Å². The van der Waals surface area contributed by atoms with E-state index in [2.05, 4.69) is 20.8 Å². The summed E-state index contributed by atoms with van der Waals surface area (Å²) in [6.45, 7) is 5.16. The predicted molar refractivity (Wildman–Crippen MR) is 110 cm³/mol. The van der Waals surface area contributed by atoms with Crippen LogP contribution in [0.2, 0.25) is 0 Å². The third kappa shape index (κ3) is 4.18. The number of nitrogens with zero attached hydrogens (tertiary/aromatic N) is 2. The molecule has 0 aliphatic heterocycles. The summed E-state index contributed by atoms with van der Waals surface area (Å²) in [6, 6.07) is 5.94. The van der Waals surface area contributed by atoms with Gasteiger partial charge in [-0.2, -0.15) is 0 Å². The normalized spacial score (nSPS) is 14.4. The van der Waals surface area contributed by atoms with Crippen molar-refractivity contribution in [2.24, 2.45) is 11.3 Å². The molecule has 1 aromatic carbocycles. The second-order valence-corrected chi connectivity index (χ2v) is 9.13. The Morgan fingerprint density at radius 3 is 2.96 bits per heavy atom. The molecule has 1 amide bonds. The smallest absolute Gasteiger partial charge is 0.263 e. The summed E-state index contributed by atoms with van der Waals surface area (Å²) in [4.78, 5) is 17.2. The summed E-state index contributed by atoms with van der Waals surface area (Å²) < 4.78 is 5.49. The van der Waals surface area contributed by atoms with Crippen molar-refractivity contribution in [2.45, 2.75) is 26.7 Å². The van der Waals surface area contributed by atoms with Gasteiger partial charge in [0.1, 0.15) is 15.6 Å². The molecular weight excluding hydrogens is 376 g/mol. The number of aliphatic hydroxyl groups is 1. The van der Waals surface area contributed by atoms with Crippen LogP contribution in [0.4, 0.5) is 5.69 Å². The van der Waals surface area contributed by atoms with Gasteiger partial charge in [-0.3, -0.25) is 4.79 Å². The van der Waals surface area contributed by atoms with Gasteiger partial charge >= 0.3 is 0 Å². The minimum Gasteiger partial charge on any atom is -0.396 e. The number of anilines is 1. The summed E-state index contributed by atoms with van der Waals surface area (Å²) in [6.07, 6.45) is 4.16. The van der Waals surface area contributed by atoms with Gasteiger partial charge < -0.3 is 20.3 Å². The molecule has 0 bridgehead atoms. The predicted octanol–water partition coefficient (Wildman–Crippen LogP) is 3.52. The summed E-state index contributed by atoms with van der Waals surface area (Å²) in [5.41, 5.74) is 1.99. The first-order chi connectivity index (χ1) is 13.4. The van der Waals surface area contributed by atoms with Crippen LogP contribution in [0, 0.1) is 11.3 Å². The number of nitrogens with one attached hydrogen (secondary N) is 2. The fourth-order valence-electron chi connectivity index (χ4n) is 2.74. The zero-order valence-corrected chi connectivity index (χ0v) is 16.8. The lowest BCUT2D eigenvalue weighted by molar-refractivity contribution is 0.0915. The Morgan fingerprint density at radius 1 is 1.39 bits per heavy atom. The summed E-state index contributed by atoms with van der Waals surface area (Å²) in [5, 5.41) is 21.3. The molecule has 0 atom stereocenters. The molecule has 0 unspecified atom stereocenters. The van der Waals surface area contributed by atoms with E-state index >= 15 is 0 Å². The molecule has 28 heavy (non-hydrogen) atoms. The Labute approximate surface area is 167 Å². The van der Waals surface area contributed by atoms with E-state index in [1.165, 1.54) is 24.2 Å². The first-order valence-electron chi connectivity index (χ1n) is 9.44. The molecule has 1 aliphatic rings. The Morgan fingerprint density at radius 2 is 2.21 bits per heavy atom. The third-order valence-corrected chi connectivity index (χ3v) is 5.85. The number of thiazole rings is 1. The van der Waals surface area contributed by atoms with Gasteiger partial charge in [-0.15, -0.1) is 11.3 Å². The topological polar surface area (TPSA) is 100 Å². The standard InChI is InChI=1S/C20H24N4O3S/c1-20(2,11-25)10-23-18(26)16-9-22-19(28-16)17-14-6-5-13(7-15(14)27-24-17)21-8-12-3-4-12/h5-7,9,12,21,25H,3-4,8,10-11H2,1-2H3,(H,23,26). The monoisotopic (exact) mass is 400 g/mol. The van der Waals surface area contributed by atoms with Crippen LogP contribution in [-0.2, 0) is 0 Å². The number of carbonyl (C=O) groups is 1. The van der Waals surface area contributed by atoms with E-state index in [1.807, 2.05) is 32.0 Å². The van der Waals surface area contributed by atoms with Gasteiger partial charge in [0, 0.05) is 36.9 Å². The summed E-state index contributed by atoms with van der Waals surface area (Å²) in [7, 11) is 0. The maximum absolute atomic E-state index is 12.4. The number of benzene rings is 1. The molecule has 8 heteroatoms. The molecule has 2 heterocycles. The molecule has 3 N–H and O–H groups in total. The molecular formula is C20H24N4O3S. The van der Waals surface area contributed by atoms with Crippen LogP contribution in [0.15, 0.2) is 28.9 Å².